The Balaban J connectivity index is 1.95. The molecule has 1 aromatic carbocycles. The van der Waals surface area contributed by atoms with Gasteiger partial charge in [-0.05, 0) is 36.4 Å². The van der Waals surface area contributed by atoms with Gasteiger partial charge in [0.25, 0.3) is 0 Å². The van der Waals surface area contributed by atoms with Crippen LogP contribution in [0.25, 0.3) is 10.8 Å². The fraction of sp³-hybridized carbons (Fsp3) is 0.400. The number of phenolic OH excluding ortho intramolecular Hbond substituents is 1. The van der Waals surface area contributed by atoms with Crippen LogP contribution in [0, 0.1) is 0 Å². The van der Waals surface area contributed by atoms with Crippen molar-refractivity contribution < 1.29 is 10.2 Å². The third-order valence-corrected chi connectivity index (χ3v) is 3.13. The molecule has 2 rings (SSSR count). The lowest BCUT2D eigenvalue weighted by molar-refractivity contribution is 0.283. The van der Waals surface area contributed by atoms with E-state index >= 15 is 0 Å². The van der Waals surface area contributed by atoms with Crippen molar-refractivity contribution in [2.24, 2.45) is 0 Å². The van der Waals surface area contributed by atoms with Crippen LogP contribution in [0.3, 0.4) is 0 Å². The second kappa shape index (κ2) is 6.95. The zero-order valence-electron chi connectivity index (χ0n) is 11.0. The van der Waals surface area contributed by atoms with E-state index in [1.165, 1.54) is 0 Å². The molecule has 0 aliphatic heterocycles. The normalized spacial score (nSPS) is 10.8. The minimum absolute atomic E-state index is 0.256. The Bertz CT molecular complexity index is 529. The van der Waals surface area contributed by atoms with Gasteiger partial charge in [-0.15, -0.1) is 0 Å². The van der Waals surface area contributed by atoms with Gasteiger partial charge in [-0.2, -0.15) is 0 Å². The van der Waals surface area contributed by atoms with Gasteiger partial charge in [0.05, 0.1) is 0 Å². The molecular weight excluding hydrogens is 240 g/mol. The van der Waals surface area contributed by atoms with Crippen molar-refractivity contribution >= 4 is 16.6 Å². The minimum atomic E-state index is 0.256. The maximum Gasteiger partial charge on any atom is 0.133 e. The van der Waals surface area contributed by atoms with Gasteiger partial charge < -0.3 is 15.5 Å². The molecule has 0 spiro atoms. The van der Waals surface area contributed by atoms with Gasteiger partial charge in [-0.25, -0.2) is 4.98 Å². The Kier molecular flexibility index (Phi) is 4.98. The van der Waals surface area contributed by atoms with E-state index in [2.05, 4.69) is 10.3 Å². The molecule has 0 aliphatic carbocycles. The number of hydrogen-bond donors (Lipinski definition) is 3. The van der Waals surface area contributed by atoms with Crippen LogP contribution in [0.4, 0.5) is 5.82 Å². The van der Waals surface area contributed by atoms with Crippen molar-refractivity contribution in [2.75, 3.05) is 18.5 Å². The number of fused-ring (bicyclic) bond motifs is 1. The molecule has 19 heavy (non-hydrogen) atoms. The van der Waals surface area contributed by atoms with Gasteiger partial charge in [0.2, 0.25) is 0 Å². The summed E-state index contributed by atoms with van der Waals surface area (Å²) < 4.78 is 0. The number of hydrogen-bond acceptors (Lipinski definition) is 4. The average Bonchev–Trinajstić information content (AvgIpc) is 2.43. The molecule has 1 aromatic heterocycles. The largest absolute Gasteiger partial charge is 0.508 e. The molecule has 0 unspecified atom stereocenters. The first-order valence-electron chi connectivity index (χ1n) is 6.74. The summed E-state index contributed by atoms with van der Waals surface area (Å²) in [7, 11) is 0. The standard InChI is InChI=1S/C15H20N2O2/c18-10-4-2-1-3-8-16-15-14-11-13(19)6-5-12(14)7-9-17-15/h5-7,9,11,18-19H,1-4,8,10H2,(H,16,17). The van der Waals surface area contributed by atoms with Crippen molar-refractivity contribution in [1.29, 1.82) is 0 Å². The lowest BCUT2D eigenvalue weighted by Gasteiger charge is -2.08. The van der Waals surface area contributed by atoms with Crippen LogP contribution in [0.5, 0.6) is 5.75 Å². The number of nitrogens with one attached hydrogen (secondary N) is 1. The van der Waals surface area contributed by atoms with Crippen LogP contribution in [-0.4, -0.2) is 28.3 Å². The predicted octanol–water partition coefficient (Wildman–Crippen LogP) is 2.91. The van der Waals surface area contributed by atoms with Crippen LogP contribution in [0.15, 0.2) is 30.5 Å². The van der Waals surface area contributed by atoms with E-state index in [9.17, 15) is 5.11 Å². The highest BCUT2D eigenvalue weighted by Gasteiger charge is 2.02. The van der Waals surface area contributed by atoms with Gasteiger partial charge in [0, 0.05) is 24.7 Å². The quantitative estimate of drug-likeness (QED) is 0.670. The maximum absolute atomic E-state index is 9.54. The number of benzene rings is 1. The SMILES string of the molecule is OCCCCCCNc1nccc2ccc(O)cc12. The lowest BCUT2D eigenvalue weighted by Crippen LogP contribution is -2.03. The molecule has 0 aliphatic rings. The lowest BCUT2D eigenvalue weighted by atomic mass is 10.1. The van der Waals surface area contributed by atoms with E-state index in [4.69, 9.17) is 5.11 Å². The van der Waals surface area contributed by atoms with Crippen molar-refractivity contribution in [1.82, 2.24) is 4.98 Å². The number of rotatable bonds is 7. The zero-order valence-corrected chi connectivity index (χ0v) is 11.0. The second-order valence-electron chi connectivity index (χ2n) is 4.63. The smallest absolute Gasteiger partial charge is 0.133 e. The first kappa shape index (κ1) is 13.6. The molecule has 2 aromatic rings. The number of unbranched alkanes of at least 4 members (excludes halogenated alkanes) is 3. The molecule has 4 nitrogen and oxygen atoms in total. The monoisotopic (exact) mass is 260 g/mol. The number of anilines is 1. The summed E-state index contributed by atoms with van der Waals surface area (Å²) in [4.78, 5) is 4.32. The summed E-state index contributed by atoms with van der Waals surface area (Å²) in [6.45, 7) is 1.13. The molecule has 0 saturated heterocycles. The van der Waals surface area contributed by atoms with E-state index in [-0.39, 0.29) is 12.4 Å². The van der Waals surface area contributed by atoms with Gasteiger partial charge in [-0.3, -0.25) is 0 Å². The minimum Gasteiger partial charge on any atom is -0.508 e. The number of phenols is 1. The molecule has 102 valence electrons. The molecule has 4 heteroatoms. The summed E-state index contributed by atoms with van der Waals surface area (Å²) in [5.41, 5.74) is 0. The van der Waals surface area contributed by atoms with Crippen LogP contribution in [0.1, 0.15) is 25.7 Å². The summed E-state index contributed by atoms with van der Waals surface area (Å²) in [5, 5.41) is 23.6. The Morgan fingerprint density at radius 2 is 1.89 bits per heavy atom. The number of aromatic hydroxyl groups is 1. The van der Waals surface area contributed by atoms with Crippen LogP contribution < -0.4 is 5.32 Å². The summed E-state index contributed by atoms with van der Waals surface area (Å²) in [6, 6.07) is 7.23. The van der Waals surface area contributed by atoms with Crippen LogP contribution in [-0.2, 0) is 0 Å². The number of pyridine rings is 1. The molecule has 0 amide bonds. The average molecular weight is 260 g/mol. The Labute approximate surface area is 113 Å². The fourth-order valence-corrected chi connectivity index (χ4v) is 2.09. The van der Waals surface area contributed by atoms with Crippen LogP contribution >= 0.6 is 0 Å². The number of nitrogens with zero attached hydrogens (tertiary/aromatic N) is 1. The third kappa shape index (κ3) is 3.83. The van der Waals surface area contributed by atoms with Crippen LogP contribution in [0.2, 0.25) is 0 Å². The highest BCUT2D eigenvalue weighted by atomic mass is 16.3. The van der Waals surface area contributed by atoms with Gasteiger partial charge in [-0.1, -0.05) is 18.9 Å². The van der Waals surface area contributed by atoms with Gasteiger partial charge >= 0.3 is 0 Å². The molecule has 1 heterocycles. The molecular formula is C15H20N2O2. The van der Waals surface area contributed by atoms with E-state index in [1.807, 2.05) is 12.1 Å². The molecule has 0 saturated carbocycles. The molecule has 0 atom stereocenters. The number of aliphatic hydroxyl groups is 1. The Morgan fingerprint density at radius 1 is 1.05 bits per heavy atom. The highest BCUT2D eigenvalue weighted by molar-refractivity contribution is 5.92. The van der Waals surface area contributed by atoms with E-state index < -0.39 is 0 Å². The Hall–Kier alpha value is -1.81. The second-order valence-corrected chi connectivity index (χ2v) is 4.63. The first-order valence-corrected chi connectivity index (χ1v) is 6.74. The molecule has 0 fully saturated rings. The van der Waals surface area contributed by atoms with Gasteiger partial charge in [0.1, 0.15) is 11.6 Å². The summed E-state index contributed by atoms with van der Waals surface area (Å²) in [5.74, 6) is 1.07. The molecule has 0 bridgehead atoms. The number of aromatic nitrogens is 1. The van der Waals surface area contributed by atoms with Gasteiger partial charge in [0.15, 0.2) is 0 Å². The Morgan fingerprint density at radius 3 is 2.74 bits per heavy atom. The third-order valence-electron chi connectivity index (χ3n) is 3.13. The van der Waals surface area contributed by atoms with Crippen molar-refractivity contribution in [3.63, 3.8) is 0 Å². The fourth-order valence-electron chi connectivity index (χ4n) is 2.09. The first-order chi connectivity index (χ1) is 9.31. The maximum atomic E-state index is 9.54. The summed E-state index contributed by atoms with van der Waals surface area (Å²) >= 11 is 0. The highest BCUT2D eigenvalue weighted by Crippen LogP contribution is 2.24. The van der Waals surface area contributed by atoms with E-state index in [1.54, 1.807) is 18.3 Å². The number of aliphatic hydroxyl groups excluding tert-OH is 1. The van der Waals surface area contributed by atoms with E-state index in [0.29, 0.717) is 0 Å². The van der Waals surface area contributed by atoms with E-state index in [0.717, 1.165) is 48.8 Å². The van der Waals surface area contributed by atoms with Crippen molar-refractivity contribution in [3.8, 4) is 5.75 Å². The molecule has 3 N–H and O–H groups in total. The predicted molar refractivity (Wildman–Crippen MR) is 77.5 cm³/mol. The van der Waals surface area contributed by atoms with Crippen molar-refractivity contribution in [2.45, 2.75) is 25.7 Å². The van der Waals surface area contributed by atoms with Crippen molar-refractivity contribution in [3.05, 3.63) is 30.5 Å². The zero-order chi connectivity index (χ0) is 13.5. The summed E-state index contributed by atoms with van der Waals surface area (Å²) in [6.07, 6.45) is 5.86. The topological polar surface area (TPSA) is 65.4 Å². The molecule has 0 radical (unpaired) electrons.